The smallest absolute Gasteiger partial charge is 0.252 e. The molecule has 0 bridgehead atoms. The van der Waals surface area contributed by atoms with Gasteiger partial charge in [0.1, 0.15) is 0 Å². The van der Waals surface area contributed by atoms with E-state index >= 15 is 0 Å². The maximum Gasteiger partial charge on any atom is 0.252 e. The number of benzene rings is 2. The Morgan fingerprint density at radius 2 is 1.93 bits per heavy atom. The summed E-state index contributed by atoms with van der Waals surface area (Å²) >= 11 is 3.51. The van der Waals surface area contributed by atoms with Crippen molar-refractivity contribution in [2.24, 2.45) is 0 Å². The zero-order valence-corrected chi connectivity index (χ0v) is 17.1. The fourth-order valence-corrected chi connectivity index (χ4v) is 3.61. The molecule has 0 spiro atoms. The van der Waals surface area contributed by atoms with Crippen molar-refractivity contribution in [3.63, 3.8) is 0 Å². The summed E-state index contributed by atoms with van der Waals surface area (Å²) in [5, 5.41) is 3.99. The van der Waals surface area contributed by atoms with Crippen LogP contribution in [-0.4, -0.2) is 16.9 Å². The Balaban J connectivity index is 1.74. The lowest BCUT2D eigenvalue weighted by Gasteiger charge is -2.11. The molecule has 0 unspecified atom stereocenters. The van der Waals surface area contributed by atoms with Gasteiger partial charge >= 0.3 is 0 Å². The summed E-state index contributed by atoms with van der Waals surface area (Å²) in [4.78, 5) is 17.6. The first-order valence-electron chi connectivity index (χ1n) is 9.64. The minimum absolute atomic E-state index is 0.0104. The van der Waals surface area contributed by atoms with Crippen molar-refractivity contribution in [2.45, 2.75) is 45.1 Å². The topological polar surface area (TPSA) is 42.0 Å². The number of rotatable bonds is 6. The van der Waals surface area contributed by atoms with Gasteiger partial charge in [-0.2, -0.15) is 0 Å². The number of amides is 1. The Kier molecular flexibility index (Phi) is 5.26. The highest BCUT2D eigenvalue weighted by molar-refractivity contribution is 9.10. The zero-order chi connectivity index (χ0) is 18.8. The van der Waals surface area contributed by atoms with E-state index in [-0.39, 0.29) is 5.91 Å². The standard InChI is InChI=1S/C23H23BrN2O/c1-2-3-4-15-5-7-16(8-6-15)22-14-20(23(27)25-18-10-11-18)19-13-17(24)9-12-21(19)26-22/h5-9,12-14,18H,2-4,10-11H2,1H3,(H,25,27). The third kappa shape index (κ3) is 4.22. The number of aryl methyl sites for hydroxylation is 1. The maximum atomic E-state index is 12.8. The van der Waals surface area contributed by atoms with Crippen molar-refractivity contribution in [1.29, 1.82) is 0 Å². The Morgan fingerprint density at radius 3 is 2.63 bits per heavy atom. The summed E-state index contributed by atoms with van der Waals surface area (Å²) < 4.78 is 0.949. The van der Waals surface area contributed by atoms with Gasteiger partial charge in [-0.3, -0.25) is 4.79 Å². The van der Waals surface area contributed by atoms with Gasteiger partial charge in [0, 0.05) is 21.5 Å². The van der Waals surface area contributed by atoms with E-state index in [9.17, 15) is 4.79 Å². The number of carbonyl (C=O) groups excluding carboxylic acids is 1. The van der Waals surface area contributed by atoms with E-state index in [1.54, 1.807) is 0 Å². The summed E-state index contributed by atoms with van der Waals surface area (Å²) in [5.74, 6) is -0.0104. The van der Waals surface area contributed by atoms with Crippen LogP contribution in [0.4, 0.5) is 0 Å². The Labute approximate surface area is 168 Å². The molecule has 1 aliphatic rings. The third-order valence-electron chi connectivity index (χ3n) is 5.00. The molecule has 0 atom stereocenters. The van der Waals surface area contributed by atoms with Gasteiger partial charge in [0.25, 0.3) is 5.91 Å². The molecule has 1 heterocycles. The summed E-state index contributed by atoms with van der Waals surface area (Å²) in [6.45, 7) is 2.21. The molecule has 3 nitrogen and oxygen atoms in total. The molecule has 4 rings (SSSR count). The predicted octanol–water partition coefficient (Wildman–Crippen LogP) is 5.90. The highest BCUT2D eigenvalue weighted by Gasteiger charge is 2.25. The molecule has 4 heteroatoms. The zero-order valence-electron chi connectivity index (χ0n) is 15.5. The summed E-state index contributed by atoms with van der Waals surface area (Å²) in [6.07, 6.45) is 5.65. The molecule has 1 fully saturated rings. The van der Waals surface area contributed by atoms with Gasteiger partial charge in [0.15, 0.2) is 0 Å². The van der Waals surface area contributed by atoms with E-state index in [2.05, 4.69) is 52.4 Å². The summed E-state index contributed by atoms with van der Waals surface area (Å²) in [6, 6.07) is 16.7. The van der Waals surface area contributed by atoms with Gasteiger partial charge in [0.05, 0.1) is 16.8 Å². The van der Waals surface area contributed by atoms with Gasteiger partial charge < -0.3 is 5.32 Å². The van der Waals surface area contributed by atoms with E-state index in [1.807, 2.05) is 24.3 Å². The first-order valence-corrected chi connectivity index (χ1v) is 10.4. The van der Waals surface area contributed by atoms with E-state index in [1.165, 1.54) is 18.4 Å². The normalized spacial score (nSPS) is 13.7. The second kappa shape index (κ2) is 7.81. The van der Waals surface area contributed by atoms with Gasteiger partial charge in [0.2, 0.25) is 0 Å². The van der Waals surface area contributed by atoms with Crippen molar-refractivity contribution in [3.05, 3.63) is 64.1 Å². The van der Waals surface area contributed by atoms with Crippen LogP contribution in [0.2, 0.25) is 0 Å². The number of carbonyl (C=O) groups is 1. The molecule has 1 N–H and O–H groups in total. The molecule has 1 saturated carbocycles. The Morgan fingerprint density at radius 1 is 1.15 bits per heavy atom. The second-order valence-corrected chi connectivity index (χ2v) is 8.18. The number of aromatic nitrogens is 1. The van der Waals surface area contributed by atoms with Crippen LogP contribution in [0.3, 0.4) is 0 Å². The van der Waals surface area contributed by atoms with Crippen molar-refractivity contribution in [2.75, 3.05) is 0 Å². The monoisotopic (exact) mass is 422 g/mol. The van der Waals surface area contributed by atoms with E-state index in [4.69, 9.17) is 4.98 Å². The van der Waals surface area contributed by atoms with Crippen LogP contribution in [-0.2, 0) is 6.42 Å². The molecular weight excluding hydrogens is 400 g/mol. The highest BCUT2D eigenvalue weighted by atomic mass is 79.9. The van der Waals surface area contributed by atoms with E-state index in [0.717, 1.165) is 45.9 Å². The Bertz CT molecular complexity index is 978. The molecular formula is C23H23BrN2O. The number of unbranched alkanes of at least 4 members (excludes halogenated alkanes) is 1. The van der Waals surface area contributed by atoms with Crippen LogP contribution in [0.5, 0.6) is 0 Å². The average molecular weight is 423 g/mol. The van der Waals surface area contributed by atoms with Crippen LogP contribution in [0.15, 0.2) is 53.0 Å². The lowest BCUT2D eigenvalue weighted by Crippen LogP contribution is -2.25. The number of halogens is 1. The van der Waals surface area contributed by atoms with Crippen LogP contribution in [0, 0.1) is 0 Å². The van der Waals surface area contributed by atoms with Crippen LogP contribution in [0.25, 0.3) is 22.2 Å². The molecule has 0 saturated heterocycles. The molecule has 1 amide bonds. The summed E-state index contributed by atoms with van der Waals surface area (Å²) in [5.41, 5.74) is 4.76. The molecule has 1 aromatic heterocycles. The van der Waals surface area contributed by atoms with Gasteiger partial charge in [-0.1, -0.05) is 53.5 Å². The fourth-order valence-electron chi connectivity index (χ4n) is 3.25. The van der Waals surface area contributed by atoms with Crippen molar-refractivity contribution in [1.82, 2.24) is 10.3 Å². The predicted molar refractivity (Wildman–Crippen MR) is 114 cm³/mol. The van der Waals surface area contributed by atoms with E-state index < -0.39 is 0 Å². The van der Waals surface area contributed by atoms with Crippen molar-refractivity contribution >= 4 is 32.7 Å². The minimum Gasteiger partial charge on any atom is -0.349 e. The molecule has 1 aliphatic carbocycles. The number of nitrogens with zero attached hydrogens (tertiary/aromatic N) is 1. The number of hydrogen-bond acceptors (Lipinski definition) is 2. The highest BCUT2D eigenvalue weighted by Crippen LogP contribution is 2.28. The number of fused-ring (bicyclic) bond motifs is 1. The number of pyridine rings is 1. The van der Waals surface area contributed by atoms with Gasteiger partial charge in [-0.05, 0) is 55.5 Å². The second-order valence-electron chi connectivity index (χ2n) is 7.26. The van der Waals surface area contributed by atoms with Gasteiger partial charge in [-0.15, -0.1) is 0 Å². The van der Waals surface area contributed by atoms with E-state index in [0.29, 0.717) is 11.6 Å². The average Bonchev–Trinajstić information content (AvgIpc) is 3.50. The molecule has 3 aromatic rings. The Hall–Kier alpha value is -2.20. The van der Waals surface area contributed by atoms with Crippen LogP contribution in [0.1, 0.15) is 48.5 Å². The van der Waals surface area contributed by atoms with Crippen molar-refractivity contribution < 1.29 is 4.79 Å². The third-order valence-corrected chi connectivity index (χ3v) is 5.49. The molecule has 0 aliphatic heterocycles. The molecule has 2 aromatic carbocycles. The lowest BCUT2D eigenvalue weighted by atomic mass is 10.0. The number of nitrogens with one attached hydrogen (secondary N) is 1. The first kappa shape index (κ1) is 18.2. The fraction of sp³-hybridized carbons (Fsp3) is 0.304. The molecule has 0 radical (unpaired) electrons. The molecule has 138 valence electrons. The van der Waals surface area contributed by atoms with Crippen molar-refractivity contribution in [3.8, 4) is 11.3 Å². The largest absolute Gasteiger partial charge is 0.349 e. The van der Waals surface area contributed by atoms with Crippen LogP contribution >= 0.6 is 15.9 Å². The number of hydrogen-bond donors (Lipinski definition) is 1. The SMILES string of the molecule is CCCCc1ccc(-c2cc(C(=O)NC3CC3)c3cc(Br)ccc3n2)cc1. The lowest BCUT2D eigenvalue weighted by molar-refractivity contribution is 0.0952. The van der Waals surface area contributed by atoms with Crippen LogP contribution < -0.4 is 5.32 Å². The molecule has 27 heavy (non-hydrogen) atoms. The summed E-state index contributed by atoms with van der Waals surface area (Å²) in [7, 11) is 0. The van der Waals surface area contributed by atoms with Gasteiger partial charge in [-0.25, -0.2) is 4.98 Å². The maximum absolute atomic E-state index is 12.8. The first-order chi connectivity index (χ1) is 13.1. The quantitative estimate of drug-likeness (QED) is 0.537. The minimum atomic E-state index is -0.0104.